The summed E-state index contributed by atoms with van der Waals surface area (Å²) < 4.78 is 0. The third-order valence-corrected chi connectivity index (χ3v) is 11.8. The average molecular weight is 839 g/mol. The Bertz CT molecular complexity index is 2140. The Balaban J connectivity index is 0.000000221. The standard InChI is InChI=1S/2C16H23N.2C14H22/c1-15(2,3)12-7-8-13-11(9-12)10-14(17-13)16(4,5)6;1-15(2,3)12-8-7-11-9-14(16(4,5)6)17-13(11)10-12;1-13(2,3)11-7-9-12(10-8-11)14(4,5)6;1-13(2,3)11-8-7-9-12(10-11)14(4,5)6/h2*7-10,17H,1-6H3;2*7-10H,1-6H3. The molecular formula is C60H90N2. The van der Waals surface area contributed by atoms with Crippen molar-refractivity contribution in [3.05, 3.63) is 142 Å². The van der Waals surface area contributed by atoms with Crippen LogP contribution in [0.2, 0.25) is 0 Å². The van der Waals surface area contributed by atoms with E-state index in [0.717, 1.165) is 0 Å². The van der Waals surface area contributed by atoms with Crippen molar-refractivity contribution in [2.24, 2.45) is 0 Å². The van der Waals surface area contributed by atoms with Crippen LogP contribution in [0.1, 0.15) is 211 Å². The van der Waals surface area contributed by atoms with Gasteiger partial charge in [0.15, 0.2) is 0 Å². The molecule has 4 aromatic carbocycles. The molecule has 2 nitrogen and oxygen atoms in total. The van der Waals surface area contributed by atoms with Crippen LogP contribution in [-0.2, 0) is 43.3 Å². The maximum Gasteiger partial charge on any atom is 0.0459 e. The van der Waals surface area contributed by atoms with Gasteiger partial charge in [0, 0.05) is 33.3 Å². The van der Waals surface area contributed by atoms with Crippen molar-refractivity contribution in [1.29, 1.82) is 0 Å². The van der Waals surface area contributed by atoms with E-state index in [0.29, 0.717) is 0 Å². The topological polar surface area (TPSA) is 31.6 Å². The largest absolute Gasteiger partial charge is 0.358 e. The van der Waals surface area contributed by atoms with Crippen LogP contribution in [0.4, 0.5) is 0 Å². The van der Waals surface area contributed by atoms with Gasteiger partial charge in [-0.1, -0.05) is 233 Å². The van der Waals surface area contributed by atoms with E-state index in [4.69, 9.17) is 0 Å². The van der Waals surface area contributed by atoms with Crippen LogP contribution in [0.25, 0.3) is 21.8 Å². The number of nitrogens with one attached hydrogen (secondary N) is 2. The second-order valence-corrected chi connectivity index (χ2v) is 26.1. The van der Waals surface area contributed by atoms with E-state index in [-0.39, 0.29) is 43.3 Å². The highest BCUT2D eigenvalue weighted by Crippen LogP contribution is 2.33. The number of aromatic nitrogens is 2. The predicted molar refractivity (Wildman–Crippen MR) is 279 cm³/mol. The van der Waals surface area contributed by atoms with Crippen LogP contribution >= 0.6 is 0 Å². The zero-order chi connectivity index (χ0) is 47.7. The van der Waals surface area contributed by atoms with Gasteiger partial charge in [0.05, 0.1) is 0 Å². The van der Waals surface area contributed by atoms with Crippen molar-refractivity contribution in [3.63, 3.8) is 0 Å². The van der Waals surface area contributed by atoms with Gasteiger partial charge in [-0.3, -0.25) is 0 Å². The van der Waals surface area contributed by atoms with E-state index in [1.807, 2.05) is 0 Å². The number of aromatic amines is 2. The Kier molecular flexibility index (Phi) is 15.7. The molecule has 0 atom stereocenters. The molecule has 0 fully saturated rings. The molecule has 0 saturated carbocycles. The quantitative estimate of drug-likeness (QED) is 0.153. The third kappa shape index (κ3) is 15.1. The van der Waals surface area contributed by atoms with Crippen LogP contribution in [0.3, 0.4) is 0 Å². The SMILES string of the molecule is CC(C)(C)c1ccc(C(C)(C)C)cc1.CC(C)(C)c1ccc2[nH]c(C(C)(C)C)cc2c1.CC(C)(C)c1ccc2cc(C(C)(C)C)[nH]c2c1.CC(C)(C)c1cccc(C(C)(C)C)c1. The first-order valence-electron chi connectivity index (χ1n) is 23.3. The van der Waals surface area contributed by atoms with Gasteiger partial charge in [-0.15, -0.1) is 0 Å². The first-order chi connectivity index (χ1) is 27.8. The van der Waals surface area contributed by atoms with Crippen LogP contribution in [0.15, 0.2) is 97.1 Å². The van der Waals surface area contributed by atoms with Gasteiger partial charge in [-0.2, -0.15) is 0 Å². The number of hydrogen-bond acceptors (Lipinski definition) is 0. The summed E-state index contributed by atoms with van der Waals surface area (Å²) in [7, 11) is 0. The summed E-state index contributed by atoms with van der Waals surface area (Å²) in [6, 6.07) is 36.0. The van der Waals surface area contributed by atoms with Crippen molar-refractivity contribution in [2.75, 3.05) is 0 Å². The molecule has 0 amide bonds. The lowest BCUT2D eigenvalue weighted by atomic mass is 9.81. The maximum absolute atomic E-state index is 3.55. The maximum atomic E-state index is 3.55. The van der Waals surface area contributed by atoms with Crippen LogP contribution in [0.5, 0.6) is 0 Å². The minimum atomic E-state index is 0.181. The first kappa shape index (κ1) is 52.3. The monoisotopic (exact) mass is 839 g/mol. The van der Waals surface area contributed by atoms with Crippen molar-refractivity contribution >= 4 is 21.8 Å². The summed E-state index contributed by atoms with van der Waals surface area (Å²) in [6.45, 7) is 54.0. The van der Waals surface area contributed by atoms with Crippen LogP contribution in [0, 0.1) is 0 Å². The number of H-pyrrole nitrogens is 2. The van der Waals surface area contributed by atoms with Crippen molar-refractivity contribution in [3.8, 4) is 0 Å². The summed E-state index contributed by atoms with van der Waals surface area (Å²) in [5.41, 5.74) is 15.3. The normalized spacial score (nSPS) is 13.2. The van der Waals surface area contributed by atoms with E-state index in [1.54, 1.807) is 0 Å². The lowest BCUT2D eigenvalue weighted by molar-refractivity contribution is 0.568. The Morgan fingerprint density at radius 1 is 0.242 bits per heavy atom. The first-order valence-corrected chi connectivity index (χ1v) is 23.3. The van der Waals surface area contributed by atoms with Crippen LogP contribution in [-0.4, -0.2) is 9.97 Å². The minimum absolute atomic E-state index is 0.181. The van der Waals surface area contributed by atoms with Crippen molar-refractivity contribution in [1.82, 2.24) is 9.97 Å². The molecule has 2 aromatic heterocycles. The Labute approximate surface area is 381 Å². The van der Waals surface area contributed by atoms with Gasteiger partial charge >= 0.3 is 0 Å². The number of rotatable bonds is 0. The molecule has 340 valence electrons. The molecule has 0 unspecified atom stereocenters. The molecule has 0 bridgehead atoms. The molecule has 2 N–H and O–H groups in total. The molecule has 0 spiro atoms. The molecular weight excluding hydrogens is 749 g/mol. The van der Waals surface area contributed by atoms with Gasteiger partial charge in [0.25, 0.3) is 0 Å². The Hall–Kier alpha value is -4.04. The summed E-state index contributed by atoms with van der Waals surface area (Å²) in [5, 5.41) is 2.63. The highest BCUT2D eigenvalue weighted by atomic mass is 14.7. The van der Waals surface area contributed by atoms with Gasteiger partial charge in [-0.25, -0.2) is 0 Å². The second-order valence-electron chi connectivity index (χ2n) is 26.1. The summed E-state index contributed by atoms with van der Waals surface area (Å²) in [4.78, 5) is 7.06. The Morgan fingerprint density at radius 2 is 0.548 bits per heavy atom. The average Bonchev–Trinajstić information content (AvgIpc) is 3.75. The van der Waals surface area contributed by atoms with Crippen molar-refractivity contribution < 1.29 is 0 Å². The second kappa shape index (κ2) is 18.6. The highest BCUT2D eigenvalue weighted by Gasteiger charge is 2.22. The van der Waals surface area contributed by atoms with E-state index in [2.05, 4.69) is 273 Å². The number of fused-ring (bicyclic) bond motifs is 2. The van der Waals surface area contributed by atoms with Gasteiger partial charge in [0.1, 0.15) is 0 Å². The fraction of sp³-hybridized carbons (Fsp3) is 0.533. The number of hydrogen-bond donors (Lipinski definition) is 2. The summed E-state index contributed by atoms with van der Waals surface area (Å²) in [5.74, 6) is 0. The molecule has 2 heteroatoms. The summed E-state index contributed by atoms with van der Waals surface area (Å²) >= 11 is 0. The molecule has 6 aromatic rings. The van der Waals surface area contributed by atoms with Gasteiger partial charge < -0.3 is 9.97 Å². The lowest BCUT2D eigenvalue weighted by Crippen LogP contribution is -2.15. The Morgan fingerprint density at radius 3 is 0.919 bits per heavy atom. The van der Waals surface area contributed by atoms with Gasteiger partial charge in [0.2, 0.25) is 0 Å². The van der Waals surface area contributed by atoms with Crippen molar-refractivity contribution in [2.45, 2.75) is 209 Å². The third-order valence-electron chi connectivity index (χ3n) is 11.8. The molecule has 0 aliphatic rings. The lowest BCUT2D eigenvalue weighted by Gasteiger charge is -2.24. The predicted octanol–water partition coefficient (Wildman–Crippen LogP) is 18.1. The van der Waals surface area contributed by atoms with E-state index < -0.39 is 0 Å². The molecule has 2 heterocycles. The van der Waals surface area contributed by atoms with Gasteiger partial charge in [-0.05, 0) is 107 Å². The molecule has 62 heavy (non-hydrogen) atoms. The minimum Gasteiger partial charge on any atom is -0.358 e. The molecule has 0 saturated heterocycles. The highest BCUT2D eigenvalue weighted by molar-refractivity contribution is 5.82. The van der Waals surface area contributed by atoms with E-state index >= 15 is 0 Å². The molecule has 0 aliphatic carbocycles. The van der Waals surface area contributed by atoms with E-state index in [1.165, 1.54) is 66.6 Å². The zero-order valence-electron chi connectivity index (χ0n) is 44.2. The fourth-order valence-corrected chi connectivity index (χ4v) is 6.92. The molecule has 0 aliphatic heterocycles. The zero-order valence-corrected chi connectivity index (χ0v) is 44.2. The smallest absolute Gasteiger partial charge is 0.0459 e. The fourth-order valence-electron chi connectivity index (χ4n) is 6.92. The summed E-state index contributed by atoms with van der Waals surface area (Å²) in [6.07, 6.45) is 0. The van der Waals surface area contributed by atoms with Crippen LogP contribution < -0.4 is 0 Å². The number of benzene rings is 4. The molecule has 0 radical (unpaired) electrons. The van der Waals surface area contributed by atoms with E-state index in [9.17, 15) is 0 Å². The molecule has 6 rings (SSSR count).